The van der Waals surface area contributed by atoms with Crippen molar-refractivity contribution in [3.63, 3.8) is 0 Å². The second-order valence-electron chi connectivity index (χ2n) is 5.86. The smallest absolute Gasteiger partial charge is 0.272 e. The fraction of sp³-hybridized carbons (Fsp3) is 0.222. The van der Waals surface area contributed by atoms with Gasteiger partial charge in [-0.05, 0) is 36.8 Å². The largest absolute Gasteiger partial charge is 0.486 e. The van der Waals surface area contributed by atoms with Gasteiger partial charge in [0.2, 0.25) is 0 Å². The highest BCUT2D eigenvalue weighted by molar-refractivity contribution is 6.32. The average Bonchev–Trinajstić information content (AvgIpc) is 3.29. The maximum atomic E-state index is 12.3. The number of benzene rings is 1. The van der Waals surface area contributed by atoms with E-state index in [1.807, 2.05) is 25.1 Å². The summed E-state index contributed by atoms with van der Waals surface area (Å²) in [6.07, 6.45) is 0. The zero-order valence-electron chi connectivity index (χ0n) is 14.0. The molecule has 1 aliphatic rings. The van der Waals surface area contributed by atoms with Gasteiger partial charge in [0.15, 0.2) is 23.0 Å². The van der Waals surface area contributed by atoms with Gasteiger partial charge in [-0.25, -0.2) is 0 Å². The van der Waals surface area contributed by atoms with E-state index in [4.69, 9.17) is 25.5 Å². The van der Waals surface area contributed by atoms with Crippen molar-refractivity contribution in [3.05, 3.63) is 52.4 Å². The molecule has 0 saturated carbocycles. The van der Waals surface area contributed by atoms with E-state index in [9.17, 15) is 4.79 Å². The highest BCUT2D eigenvalue weighted by Crippen LogP contribution is 2.38. The van der Waals surface area contributed by atoms with Gasteiger partial charge in [0.25, 0.3) is 5.91 Å². The lowest BCUT2D eigenvalue weighted by atomic mass is 10.2. The molecule has 26 heavy (non-hydrogen) atoms. The quantitative estimate of drug-likeness (QED) is 0.732. The first-order valence-electron chi connectivity index (χ1n) is 8.08. The third kappa shape index (κ3) is 3.25. The summed E-state index contributed by atoms with van der Waals surface area (Å²) in [5.41, 5.74) is 1.73. The third-order valence-corrected chi connectivity index (χ3v) is 4.21. The molecule has 1 aliphatic heterocycles. The van der Waals surface area contributed by atoms with E-state index < -0.39 is 0 Å². The maximum absolute atomic E-state index is 12.3. The summed E-state index contributed by atoms with van der Waals surface area (Å²) >= 11 is 6.21. The zero-order chi connectivity index (χ0) is 18.1. The SMILES string of the molecule is Cc1ccc(-c2cc(C(=O)NCc3cc(Cl)c4c(c3)OCCO4)n[nH]2)o1. The van der Waals surface area contributed by atoms with E-state index in [2.05, 4.69) is 15.5 Å². The van der Waals surface area contributed by atoms with Crippen LogP contribution in [0.1, 0.15) is 21.8 Å². The molecule has 3 aromatic rings. The summed E-state index contributed by atoms with van der Waals surface area (Å²) in [5, 5.41) is 10.1. The number of amides is 1. The van der Waals surface area contributed by atoms with Crippen molar-refractivity contribution in [2.24, 2.45) is 0 Å². The lowest BCUT2D eigenvalue weighted by Gasteiger charge is -2.20. The monoisotopic (exact) mass is 373 g/mol. The second-order valence-corrected chi connectivity index (χ2v) is 6.27. The molecule has 0 bridgehead atoms. The Bertz CT molecular complexity index is 963. The Morgan fingerprint density at radius 2 is 2.12 bits per heavy atom. The second kappa shape index (κ2) is 6.76. The number of carbonyl (C=O) groups excluding carboxylic acids is 1. The third-order valence-electron chi connectivity index (χ3n) is 3.93. The molecule has 0 aliphatic carbocycles. The maximum Gasteiger partial charge on any atom is 0.272 e. The van der Waals surface area contributed by atoms with Crippen LogP contribution in [0.15, 0.2) is 34.7 Å². The Balaban J connectivity index is 1.44. The van der Waals surface area contributed by atoms with Crippen molar-refractivity contribution in [2.45, 2.75) is 13.5 Å². The van der Waals surface area contributed by atoms with E-state index in [0.717, 1.165) is 11.3 Å². The van der Waals surface area contributed by atoms with Crippen LogP contribution in [0.2, 0.25) is 5.02 Å². The molecule has 0 atom stereocenters. The van der Waals surface area contributed by atoms with E-state index in [-0.39, 0.29) is 18.1 Å². The van der Waals surface area contributed by atoms with Gasteiger partial charge < -0.3 is 19.2 Å². The molecule has 7 nitrogen and oxygen atoms in total. The molecular weight excluding hydrogens is 358 g/mol. The standard InChI is InChI=1S/C18H16ClN3O4/c1-10-2-3-15(26-10)13-8-14(22-21-13)18(23)20-9-11-6-12(19)17-16(7-11)24-4-5-25-17/h2-3,6-8H,4-5,9H2,1H3,(H,20,23)(H,21,22). The summed E-state index contributed by atoms with van der Waals surface area (Å²) in [5.74, 6) is 2.24. The minimum Gasteiger partial charge on any atom is -0.486 e. The van der Waals surface area contributed by atoms with Gasteiger partial charge in [0, 0.05) is 12.6 Å². The number of rotatable bonds is 4. The molecule has 0 unspecified atom stereocenters. The zero-order valence-corrected chi connectivity index (χ0v) is 14.7. The Morgan fingerprint density at radius 3 is 2.92 bits per heavy atom. The van der Waals surface area contributed by atoms with Gasteiger partial charge in [0.1, 0.15) is 24.7 Å². The van der Waals surface area contributed by atoms with E-state index in [1.54, 1.807) is 12.1 Å². The van der Waals surface area contributed by atoms with Crippen LogP contribution in [0.4, 0.5) is 0 Å². The number of aromatic nitrogens is 2. The minimum absolute atomic E-state index is 0.276. The fourth-order valence-electron chi connectivity index (χ4n) is 2.68. The Hall–Kier alpha value is -2.93. The van der Waals surface area contributed by atoms with Crippen molar-refractivity contribution in [3.8, 4) is 23.0 Å². The Labute approximate surface area is 154 Å². The van der Waals surface area contributed by atoms with E-state index in [1.165, 1.54) is 0 Å². The van der Waals surface area contributed by atoms with Gasteiger partial charge in [-0.3, -0.25) is 9.89 Å². The number of hydrogen-bond donors (Lipinski definition) is 2. The highest BCUT2D eigenvalue weighted by atomic mass is 35.5. The van der Waals surface area contributed by atoms with Crippen molar-refractivity contribution < 1.29 is 18.7 Å². The van der Waals surface area contributed by atoms with E-state index in [0.29, 0.717) is 41.2 Å². The number of carbonyl (C=O) groups is 1. The Morgan fingerprint density at radius 1 is 1.27 bits per heavy atom. The summed E-state index contributed by atoms with van der Waals surface area (Å²) in [6, 6.07) is 8.87. The van der Waals surface area contributed by atoms with Gasteiger partial charge >= 0.3 is 0 Å². The number of fused-ring (bicyclic) bond motifs is 1. The number of hydrogen-bond acceptors (Lipinski definition) is 5. The number of aryl methyl sites for hydroxylation is 1. The van der Waals surface area contributed by atoms with E-state index >= 15 is 0 Å². The number of furan rings is 1. The van der Waals surface area contributed by atoms with Gasteiger partial charge in [-0.1, -0.05) is 11.6 Å². The van der Waals surface area contributed by atoms with Crippen LogP contribution in [-0.2, 0) is 6.54 Å². The topological polar surface area (TPSA) is 89.4 Å². The number of nitrogens with one attached hydrogen (secondary N) is 2. The average molecular weight is 374 g/mol. The molecule has 1 amide bonds. The van der Waals surface area contributed by atoms with Crippen molar-refractivity contribution in [2.75, 3.05) is 13.2 Å². The first-order valence-corrected chi connectivity index (χ1v) is 8.46. The van der Waals surface area contributed by atoms with Crippen molar-refractivity contribution in [1.29, 1.82) is 0 Å². The van der Waals surface area contributed by atoms with Crippen molar-refractivity contribution >= 4 is 17.5 Å². The van der Waals surface area contributed by atoms with Gasteiger partial charge in [-0.2, -0.15) is 5.10 Å². The number of H-pyrrole nitrogens is 1. The molecule has 4 rings (SSSR count). The van der Waals surface area contributed by atoms with Crippen LogP contribution >= 0.6 is 11.6 Å². The molecule has 2 N–H and O–H groups in total. The van der Waals surface area contributed by atoms with Gasteiger partial charge in [0.05, 0.1) is 5.02 Å². The van der Waals surface area contributed by atoms with Crippen LogP contribution in [0.5, 0.6) is 11.5 Å². The molecule has 3 heterocycles. The predicted molar refractivity (Wildman–Crippen MR) is 94.6 cm³/mol. The molecule has 134 valence electrons. The fourth-order valence-corrected chi connectivity index (χ4v) is 2.97. The van der Waals surface area contributed by atoms with Gasteiger partial charge in [-0.15, -0.1) is 0 Å². The molecule has 0 saturated heterocycles. The molecule has 1 aromatic carbocycles. The molecule has 0 radical (unpaired) electrons. The van der Waals surface area contributed by atoms with Crippen LogP contribution in [-0.4, -0.2) is 29.3 Å². The summed E-state index contributed by atoms with van der Waals surface area (Å²) in [7, 11) is 0. The molecule has 2 aromatic heterocycles. The highest BCUT2D eigenvalue weighted by Gasteiger charge is 2.18. The van der Waals surface area contributed by atoms with Crippen LogP contribution in [0.3, 0.4) is 0 Å². The number of halogens is 1. The van der Waals surface area contributed by atoms with Crippen molar-refractivity contribution in [1.82, 2.24) is 15.5 Å². The number of ether oxygens (including phenoxy) is 2. The first-order chi connectivity index (χ1) is 12.6. The first kappa shape index (κ1) is 16.5. The molecular formula is C18H16ClN3O4. The minimum atomic E-state index is -0.304. The summed E-state index contributed by atoms with van der Waals surface area (Å²) in [4.78, 5) is 12.3. The predicted octanol–water partition coefficient (Wildman–Crippen LogP) is 3.33. The summed E-state index contributed by atoms with van der Waals surface area (Å²) in [6.45, 7) is 3.09. The summed E-state index contributed by atoms with van der Waals surface area (Å²) < 4.78 is 16.5. The molecule has 0 fully saturated rings. The molecule has 0 spiro atoms. The number of aromatic amines is 1. The van der Waals surface area contributed by atoms with Crippen LogP contribution in [0, 0.1) is 6.92 Å². The Kier molecular flexibility index (Phi) is 4.30. The lowest BCUT2D eigenvalue weighted by molar-refractivity contribution is 0.0945. The van der Waals surface area contributed by atoms with Crippen LogP contribution in [0.25, 0.3) is 11.5 Å². The molecule has 8 heteroatoms. The lowest BCUT2D eigenvalue weighted by Crippen LogP contribution is -2.23. The normalized spacial score (nSPS) is 12.8. The number of nitrogens with zero attached hydrogens (tertiary/aromatic N) is 1. The van der Waals surface area contributed by atoms with Crippen LogP contribution < -0.4 is 14.8 Å².